The summed E-state index contributed by atoms with van der Waals surface area (Å²) in [6, 6.07) is 9.90. The van der Waals surface area contributed by atoms with Crippen molar-refractivity contribution in [1.29, 1.82) is 0 Å². The maximum absolute atomic E-state index is 12.4. The number of fused-ring (bicyclic) bond motifs is 1. The fourth-order valence-electron chi connectivity index (χ4n) is 2.43. The Hall–Kier alpha value is -4.13. The molecule has 0 saturated carbocycles. The van der Waals surface area contributed by atoms with Gasteiger partial charge in [-0.25, -0.2) is 17.9 Å². The van der Waals surface area contributed by atoms with Crippen LogP contribution in [0.1, 0.15) is 0 Å². The number of sulfonamides is 1. The number of ether oxygens (including phenoxy) is 1. The molecule has 0 bridgehead atoms. The van der Waals surface area contributed by atoms with Crippen LogP contribution in [0.2, 0.25) is 0 Å². The van der Waals surface area contributed by atoms with Gasteiger partial charge < -0.3 is 4.74 Å². The molecule has 12 nitrogen and oxygen atoms in total. The highest BCUT2D eigenvalue weighted by Gasteiger charge is 2.30. The molecule has 1 N–H and O–H groups in total. The van der Waals surface area contributed by atoms with Crippen molar-refractivity contribution in [2.45, 2.75) is 4.90 Å². The fourth-order valence-corrected chi connectivity index (χ4v) is 3.46. The third kappa shape index (κ3) is 4.08. The lowest BCUT2D eigenvalue weighted by Gasteiger charge is -2.09. The van der Waals surface area contributed by atoms with E-state index in [0.29, 0.717) is 23.0 Å². The van der Waals surface area contributed by atoms with E-state index < -0.39 is 42.2 Å². The number of carbonyl (C=O) groups excluding carboxylic acids is 1. The van der Waals surface area contributed by atoms with Crippen molar-refractivity contribution in [1.82, 2.24) is 9.71 Å². The molecule has 1 amide bonds. The van der Waals surface area contributed by atoms with Crippen molar-refractivity contribution in [3.05, 3.63) is 75.0 Å². The number of nitrogens with one attached hydrogen (secondary N) is 1. The van der Waals surface area contributed by atoms with Gasteiger partial charge >= 0.3 is 6.09 Å². The van der Waals surface area contributed by atoms with Crippen LogP contribution in [-0.4, -0.2) is 29.3 Å². The standard InChI is InChI=1S/C16H10N4O8S/c21-16(28-13-5-1-3-10-4-2-8-17-15(10)13)18-29(26,27)14-7-6-11(19(22)23)9-12(14)20(24)25/h1-9H,(H,18,21). The first-order valence-corrected chi connectivity index (χ1v) is 9.18. The maximum Gasteiger partial charge on any atom is 0.426 e. The summed E-state index contributed by atoms with van der Waals surface area (Å²) in [5, 5.41) is 22.5. The summed E-state index contributed by atoms with van der Waals surface area (Å²) in [6.07, 6.45) is 0.0140. The van der Waals surface area contributed by atoms with Gasteiger partial charge in [0.2, 0.25) is 0 Å². The Balaban J connectivity index is 1.90. The van der Waals surface area contributed by atoms with E-state index in [9.17, 15) is 33.4 Å². The van der Waals surface area contributed by atoms with E-state index >= 15 is 0 Å². The predicted molar refractivity (Wildman–Crippen MR) is 97.8 cm³/mol. The molecule has 0 aliphatic rings. The minimum atomic E-state index is -4.76. The summed E-state index contributed by atoms with van der Waals surface area (Å²) in [7, 11) is -4.76. The second kappa shape index (κ2) is 7.47. The molecule has 0 spiro atoms. The summed E-state index contributed by atoms with van der Waals surface area (Å²) in [4.78, 5) is 35.1. The molecule has 3 aromatic rings. The number of aromatic nitrogens is 1. The Labute approximate surface area is 162 Å². The second-order valence-corrected chi connectivity index (χ2v) is 7.14. The molecular formula is C16H10N4O8S. The van der Waals surface area contributed by atoms with Gasteiger partial charge in [0.05, 0.1) is 15.9 Å². The molecule has 13 heteroatoms. The number of carbonyl (C=O) groups is 1. The van der Waals surface area contributed by atoms with E-state index in [2.05, 4.69) is 4.98 Å². The van der Waals surface area contributed by atoms with Crippen LogP contribution in [0, 0.1) is 20.2 Å². The molecule has 29 heavy (non-hydrogen) atoms. The summed E-state index contributed by atoms with van der Waals surface area (Å²) in [6.45, 7) is 0. The number of hydrogen-bond acceptors (Lipinski definition) is 9. The number of para-hydroxylation sites is 1. The topological polar surface area (TPSA) is 172 Å². The second-order valence-electron chi connectivity index (χ2n) is 5.49. The average molecular weight is 418 g/mol. The highest BCUT2D eigenvalue weighted by molar-refractivity contribution is 7.90. The van der Waals surface area contributed by atoms with E-state index in [1.807, 2.05) is 0 Å². The van der Waals surface area contributed by atoms with Crippen LogP contribution >= 0.6 is 0 Å². The Morgan fingerprint density at radius 3 is 2.45 bits per heavy atom. The number of hydrogen-bond donors (Lipinski definition) is 1. The van der Waals surface area contributed by atoms with Crippen molar-refractivity contribution < 1.29 is 27.8 Å². The van der Waals surface area contributed by atoms with Crippen molar-refractivity contribution in [2.75, 3.05) is 0 Å². The van der Waals surface area contributed by atoms with Crippen LogP contribution in [0.25, 0.3) is 10.9 Å². The minimum Gasteiger partial charge on any atom is -0.407 e. The normalized spacial score (nSPS) is 11.0. The van der Waals surface area contributed by atoms with Gasteiger partial charge in [0.25, 0.3) is 21.4 Å². The lowest BCUT2D eigenvalue weighted by molar-refractivity contribution is -0.396. The Morgan fingerprint density at radius 2 is 1.76 bits per heavy atom. The number of nitrogens with zero attached hydrogens (tertiary/aromatic N) is 3. The van der Waals surface area contributed by atoms with Gasteiger partial charge in [-0.05, 0) is 18.2 Å². The van der Waals surface area contributed by atoms with E-state index in [0.717, 1.165) is 6.07 Å². The summed E-state index contributed by atoms with van der Waals surface area (Å²) < 4.78 is 31.3. The maximum atomic E-state index is 12.4. The summed E-state index contributed by atoms with van der Waals surface area (Å²) in [5.41, 5.74) is -1.45. The molecular weight excluding hydrogens is 408 g/mol. The third-order valence-corrected chi connectivity index (χ3v) is 5.02. The van der Waals surface area contributed by atoms with Crippen LogP contribution in [0.5, 0.6) is 5.75 Å². The van der Waals surface area contributed by atoms with E-state index in [1.165, 1.54) is 17.0 Å². The van der Waals surface area contributed by atoms with E-state index in [4.69, 9.17) is 4.74 Å². The average Bonchev–Trinajstić information content (AvgIpc) is 2.67. The van der Waals surface area contributed by atoms with Crippen molar-refractivity contribution in [3.63, 3.8) is 0 Å². The van der Waals surface area contributed by atoms with E-state index in [-0.39, 0.29) is 5.75 Å². The number of pyridine rings is 1. The number of amides is 1. The van der Waals surface area contributed by atoms with Gasteiger partial charge in [0.1, 0.15) is 5.52 Å². The molecule has 0 aliphatic carbocycles. The molecule has 1 aromatic heterocycles. The first kappa shape index (κ1) is 19.6. The first-order valence-electron chi connectivity index (χ1n) is 7.70. The highest BCUT2D eigenvalue weighted by atomic mass is 32.2. The molecule has 0 radical (unpaired) electrons. The zero-order chi connectivity index (χ0) is 21.2. The summed E-state index contributed by atoms with van der Waals surface area (Å²) in [5.74, 6) is -0.0333. The molecule has 148 valence electrons. The molecule has 0 saturated heterocycles. The lowest BCUT2D eigenvalue weighted by atomic mass is 10.2. The Morgan fingerprint density at radius 1 is 1.03 bits per heavy atom. The van der Waals surface area contributed by atoms with Crippen LogP contribution in [0.15, 0.2) is 59.6 Å². The highest BCUT2D eigenvalue weighted by Crippen LogP contribution is 2.28. The van der Waals surface area contributed by atoms with Gasteiger partial charge in [-0.2, -0.15) is 0 Å². The summed E-state index contributed by atoms with van der Waals surface area (Å²) >= 11 is 0. The van der Waals surface area contributed by atoms with Gasteiger partial charge in [-0.15, -0.1) is 0 Å². The van der Waals surface area contributed by atoms with Crippen LogP contribution in [-0.2, 0) is 10.0 Å². The number of nitro benzene ring substituents is 2. The van der Waals surface area contributed by atoms with Crippen molar-refractivity contribution >= 4 is 38.4 Å². The van der Waals surface area contributed by atoms with Gasteiger partial charge in [0, 0.05) is 17.6 Å². The Bertz CT molecular complexity index is 1250. The largest absolute Gasteiger partial charge is 0.426 e. The van der Waals surface area contributed by atoms with E-state index in [1.54, 1.807) is 24.3 Å². The van der Waals surface area contributed by atoms with Gasteiger partial charge in [0.15, 0.2) is 10.6 Å². The van der Waals surface area contributed by atoms with Gasteiger partial charge in [-0.1, -0.05) is 18.2 Å². The molecule has 2 aromatic carbocycles. The quantitative estimate of drug-likeness (QED) is 0.482. The first-order chi connectivity index (χ1) is 13.7. The molecule has 3 rings (SSSR count). The zero-order valence-corrected chi connectivity index (χ0v) is 15.0. The fraction of sp³-hybridized carbons (Fsp3) is 0. The number of non-ortho nitro benzene ring substituents is 1. The molecule has 0 atom stereocenters. The predicted octanol–water partition coefficient (Wildman–Crippen LogP) is 2.53. The molecule has 0 unspecified atom stereocenters. The monoisotopic (exact) mass is 418 g/mol. The van der Waals surface area contributed by atoms with Gasteiger partial charge in [-0.3, -0.25) is 25.2 Å². The number of benzene rings is 2. The molecule has 1 heterocycles. The number of rotatable bonds is 5. The Kier molecular flexibility index (Phi) is 5.06. The molecule has 0 fully saturated rings. The van der Waals surface area contributed by atoms with Crippen LogP contribution < -0.4 is 9.46 Å². The SMILES string of the molecule is O=C(NS(=O)(=O)c1ccc([N+](=O)[O-])cc1[N+](=O)[O-])Oc1cccc2cccnc12. The van der Waals surface area contributed by atoms with Crippen molar-refractivity contribution in [2.24, 2.45) is 0 Å². The van der Waals surface area contributed by atoms with Crippen LogP contribution in [0.4, 0.5) is 16.2 Å². The molecule has 0 aliphatic heterocycles. The van der Waals surface area contributed by atoms with Crippen molar-refractivity contribution in [3.8, 4) is 5.75 Å². The van der Waals surface area contributed by atoms with Crippen LogP contribution in [0.3, 0.4) is 0 Å². The smallest absolute Gasteiger partial charge is 0.407 e. The third-order valence-electron chi connectivity index (χ3n) is 3.66. The number of nitro groups is 2. The lowest BCUT2D eigenvalue weighted by Crippen LogP contribution is -2.33. The minimum absolute atomic E-state index is 0.0333. The zero-order valence-electron chi connectivity index (χ0n) is 14.2.